The molecule has 0 amide bonds. The standard InChI is InChI=1S/C50H51N/c1-47(2,3)34-22-26-39-40-30-46(45(48(4,5)6)31-44(40)50(9,10)42(39)28-34)51(35-23-20-33(21-24-35)32-16-12-11-13-17-32)36-25-27-38-37-18-14-15-19-41(37)49(7,8)43(38)29-36/h11-31H,1-10H3/i11D,12D,13D,16D,17D,20D,21D,23D,24D. The normalized spacial score (nSPS) is 17.6. The number of fused-ring (bicyclic) bond motifs is 6. The molecule has 0 N–H and O–H groups in total. The maximum atomic E-state index is 9.74. The summed E-state index contributed by atoms with van der Waals surface area (Å²) in [6.45, 7) is 22.0. The van der Waals surface area contributed by atoms with Gasteiger partial charge in [0.25, 0.3) is 0 Å². The van der Waals surface area contributed by atoms with Gasteiger partial charge in [-0.2, -0.15) is 0 Å². The second-order valence-corrected chi connectivity index (χ2v) is 17.3. The molecule has 256 valence electrons. The second-order valence-electron chi connectivity index (χ2n) is 17.3. The molecule has 0 aliphatic heterocycles. The van der Waals surface area contributed by atoms with Crippen molar-refractivity contribution in [2.45, 2.75) is 90.9 Å². The van der Waals surface area contributed by atoms with Crippen LogP contribution in [-0.2, 0) is 21.7 Å². The van der Waals surface area contributed by atoms with Crippen LogP contribution in [0, 0.1) is 0 Å². The lowest BCUT2D eigenvalue weighted by Crippen LogP contribution is -2.22. The SMILES string of the molecule is [2H]c1c([2H])c([2H])c(-c2c([2H])c([2H])c(N(c3ccc4c(c3)C(C)(C)c3ccccc3-4)c3cc4c(cc3C(C)(C)C)C(C)(C)c3cc(C(C)(C)C)ccc3-4)c([2H])c2[2H])c([2H])c1[2H]. The van der Waals surface area contributed by atoms with E-state index in [1.54, 1.807) is 0 Å². The van der Waals surface area contributed by atoms with Gasteiger partial charge in [-0.3, -0.25) is 0 Å². The summed E-state index contributed by atoms with van der Waals surface area (Å²) in [5.74, 6) is 0. The van der Waals surface area contributed by atoms with E-state index in [2.05, 4.69) is 124 Å². The summed E-state index contributed by atoms with van der Waals surface area (Å²) in [6.07, 6.45) is 0. The Morgan fingerprint density at radius 2 is 1.06 bits per heavy atom. The van der Waals surface area contributed by atoms with Crippen molar-refractivity contribution < 1.29 is 12.3 Å². The maximum Gasteiger partial charge on any atom is 0.0645 e. The predicted molar refractivity (Wildman–Crippen MR) is 219 cm³/mol. The fraction of sp³-hybridized carbons (Fsp3) is 0.280. The van der Waals surface area contributed by atoms with Gasteiger partial charge in [-0.25, -0.2) is 0 Å². The van der Waals surface area contributed by atoms with Crippen LogP contribution in [0.25, 0.3) is 33.4 Å². The summed E-state index contributed by atoms with van der Waals surface area (Å²) >= 11 is 0. The number of nitrogens with zero attached hydrogens (tertiary/aromatic N) is 1. The summed E-state index contributed by atoms with van der Waals surface area (Å²) in [5.41, 5.74) is 10.6. The Morgan fingerprint density at radius 1 is 0.490 bits per heavy atom. The minimum Gasteiger partial charge on any atom is -0.310 e. The molecule has 0 aromatic heterocycles. The van der Waals surface area contributed by atoms with Crippen LogP contribution in [0.1, 0.15) is 115 Å². The summed E-state index contributed by atoms with van der Waals surface area (Å²) < 4.78 is 80.6. The van der Waals surface area contributed by atoms with Crippen molar-refractivity contribution in [3.05, 3.63) is 161 Å². The molecule has 2 aliphatic carbocycles. The number of rotatable bonds is 4. The molecule has 6 aromatic rings. The fourth-order valence-corrected chi connectivity index (χ4v) is 8.16. The van der Waals surface area contributed by atoms with Gasteiger partial charge in [-0.1, -0.05) is 166 Å². The highest BCUT2D eigenvalue weighted by Gasteiger charge is 2.40. The first kappa shape index (κ1) is 24.3. The van der Waals surface area contributed by atoms with Crippen molar-refractivity contribution in [1.82, 2.24) is 0 Å². The average molecular weight is 675 g/mol. The van der Waals surface area contributed by atoms with Gasteiger partial charge in [0, 0.05) is 22.2 Å². The van der Waals surface area contributed by atoms with Crippen LogP contribution in [0.15, 0.2) is 127 Å². The Balaban J connectivity index is 1.48. The zero-order valence-corrected chi connectivity index (χ0v) is 31.4. The highest BCUT2D eigenvalue weighted by atomic mass is 15.1. The van der Waals surface area contributed by atoms with Gasteiger partial charge in [0.05, 0.1) is 18.0 Å². The van der Waals surface area contributed by atoms with E-state index in [0.717, 1.165) is 33.4 Å². The molecule has 0 heterocycles. The number of anilines is 3. The van der Waals surface area contributed by atoms with Crippen molar-refractivity contribution in [2.75, 3.05) is 4.90 Å². The lowest BCUT2D eigenvalue weighted by Gasteiger charge is -2.34. The zero-order valence-electron chi connectivity index (χ0n) is 40.4. The van der Waals surface area contributed by atoms with Crippen LogP contribution in [0.5, 0.6) is 0 Å². The van der Waals surface area contributed by atoms with E-state index >= 15 is 0 Å². The maximum absolute atomic E-state index is 9.74. The quantitative estimate of drug-likeness (QED) is 0.180. The molecule has 0 spiro atoms. The molecule has 0 saturated heterocycles. The average Bonchev–Trinajstić information content (AvgIpc) is 3.55. The van der Waals surface area contributed by atoms with Crippen LogP contribution in [0.2, 0.25) is 0 Å². The Kier molecular flexibility index (Phi) is 5.40. The highest BCUT2D eigenvalue weighted by Crippen LogP contribution is 2.55. The molecule has 51 heavy (non-hydrogen) atoms. The summed E-state index contributed by atoms with van der Waals surface area (Å²) in [7, 11) is 0. The first-order chi connectivity index (χ1) is 27.8. The predicted octanol–water partition coefficient (Wildman–Crippen LogP) is 14.0. The van der Waals surface area contributed by atoms with Gasteiger partial charge in [0.2, 0.25) is 0 Å². The molecule has 0 fully saturated rings. The van der Waals surface area contributed by atoms with E-state index in [4.69, 9.17) is 6.85 Å². The highest BCUT2D eigenvalue weighted by molar-refractivity contribution is 5.91. The first-order valence-corrected chi connectivity index (χ1v) is 17.9. The zero-order chi connectivity index (χ0) is 43.9. The van der Waals surface area contributed by atoms with Crippen molar-refractivity contribution >= 4 is 17.1 Å². The van der Waals surface area contributed by atoms with Crippen LogP contribution >= 0.6 is 0 Å². The van der Waals surface area contributed by atoms with Crippen LogP contribution in [0.3, 0.4) is 0 Å². The third-order valence-corrected chi connectivity index (χ3v) is 11.1. The van der Waals surface area contributed by atoms with Crippen molar-refractivity contribution in [2.24, 2.45) is 0 Å². The summed E-state index contributed by atoms with van der Waals surface area (Å²) in [5, 5.41) is 0. The molecule has 0 radical (unpaired) electrons. The Labute approximate surface area is 318 Å². The Hall–Kier alpha value is -4.88. The topological polar surface area (TPSA) is 3.24 Å². The van der Waals surface area contributed by atoms with Gasteiger partial charge < -0.3 is 4.90 Å². The summed E-state index contributed by atoms with van der Waals surface area (Å²) in [4.78, 5) is 1.86. The molecular weight excluding hydrogens is 615 g/mol. The van der Waals surface area contributed by atoms with E-state index in [0.29, 0.717) is 11.4 Å². The van der Waals surface area contributed by atoms with Gasteiger partial charge in [-0.15, -0.1) is 0 Å². The van der Waals surface area contributed by atoms with Gasteiger partial charge in [0.1, 0.15) is 0 Å². The van der Waals surface area contributed by atoms with E-state index in [9.17, 15) is 5.48 Å². The first-order valence-electron chi connectivity index (χ1n) is 22.4. The van der Waals surface area contributed by atoms with E-state index in [1.807, 2.05) is 23.1 Å². The lowest BCUT2D eigenvalue weighted by molar-refractivity contribution is 0.580. The molecule has 0 saturated carbocycles. The molecule has 6 aromatic carbocycles. The Morgan fingerprint density at radius 3 is 1.75 bits per heavy atom. The van der Waals surface area contributed by atoms with Crippen molar-refractivity contribution in [3.8, 4) is 33.4 Å². The third kappa shape index (κ3) is 5.27. The molecule has 8 rings (SSSR count). The van der Waals surface area contributed by atoms with Crippen molar-refractivity contribution in [3.63, 3.8) is 0 Å². The monoisotopic (exact) mass is 674 g/mol. The molecular formula is C50H51N. The van der Waals surface area contributed by atoms with Crippen molar-refractivity contribution in [1.29, 1.82) is 0 Å². The molecule has 1 nitrogen and oxygen atoms in total. The van der Waals surface area contributed by atoms with Crippen LogP contribution in [0.4, 0.5) is 17.1 Å². The minimum atomic E-state index is -0.610. The molecule has 0 unspecified atom stereocenters. The van der Waals surface area contributed by atoms with Gasteiger partial charge in [-0.05, 0) is 108 Å². The van der Waals surface area contributed by atoms with E-state index in [-0.39, 0.29) is 33.1 Å². The minimum absolute atomic E-state index is 0.000366. The number of benzene rings is 6. The van der Waals surface area contributed by atoms with Crippen LogP contribution < -0.4 is 4.90 Å². The van der Waals surface area contributed by atoms with E-state index in [1.165, 1.54) is 22.3 Å². The van der Waals surface area contributed by atoms with E-state index < -0.39 is 59.8 Å². The largest absolute Gasteiger partial charge is 0.310 e. The van der Waals surface area contributed by atoms with Crippen LogP contribution in [-0.4, -0.2) is 0 Å². The third-order valence-electron chi connectivity index (χ3n) is 11.1. The van der Waals surface area contributed by atoms with Gasteiger partial charge >= 0.3 is 0 Å². The Bertz CT molecular complexity index is 2780. The lowest BCUT2D eigenvalue weighted by atomic mass is 9.77. The molecule has 1 heteroatoms. The number of hydrogen-bond donors (Lipinski definition) is 0. The molecule has 2 aliphatic rings. The number of hydrogen-bond acceptors (Lipinski definition) is 1. The smallest absolute Gasteiger partial charge is 0.0645 e. The second kappa shape index (κ2) is 11.3. The fourth-order valence-electron chi connectivity index (χ4n) is 8.16. The molecule has 0 bridgehead atoms. The summed E-state index contributed by atoms with van der Waals surface area (Å²) in [6, 6.07) is 20.9. The van der Waals surface area contributed by atoms with Gasteiger partial charge in [0.15, 0.2) is 0 Å². The molecule has 0 atom stereocenters.